The molecule has 18 heavy (non-hydrogen) atoms. The molecule has 100 valence electrons. The largest absolute Gasteiger partial charge is 0.372 e. The van der Waals surface area contributed by atoms with Crippen LogP contribution in [0.15, 0.2) is 18.2 Å². The van der Waals surface area contributed by atoms with E-state index < -0.39 is 0 Å². The maximum absolute atomic E-state index is 11.5. The van der Waals surface area contributed by atoms with Gasteiger partial charge in [0.15, 0.2) is 0 Å². The van der Waals surface area contributed by atoms with E-state index in [1.807, 2.05) is 26.0 Å². The van der Waals surface area contributed by atoms with Crippen LogP contribution in [0.25, 0.3) is 0 Å². The molecule has 0 aliphatic rings. The number of anilines is 2. The quantitative estimate of drug-likeness (QED) is 0.842. The predicted octanol–water partition coefficient (Wildman–Crippen LogP) is 2.98. The minimum Gasteiger partial charge on any atom is -0.372 e. The van der Waals surface area contributed by atoms with E-state index in [0.717, 1.165) is 24.3 Å². The van der Waals surface area contributed by atoms with E-state index in [4.69, 9.17) is 0 Å². The van der Waals surface area contributed by atoms with Gasteiger partial charge in [0.05, 0.1) is 0 Å². The minimum atomic E-state index is -0.156. The molecule has 0 atom stereocenters. The zero-order valence-corrected chi connectivity index (χ0v) is 11.7. The van der Waals surface area contributed by atoms with Crippen molar-refractivity contribution in [2.45, 2.75) is 27.7 Å². The van der Waals surface area contributed by atoms with E-state index in [0.29, 0.717) is 6.54 Å². The number of rotatable bonds is 5. The Morgan fingerprint density at radius 1 is 1.22 bits per heavy atom. The van der Waals surface area contributed by atoms with E-state index in [-0.39, 0.29) is 6.03 Å². The summed E-state index contributed by atoms with van der Waals surface area (Å²) in [6.07, 6.45) is 0. The number of aryl methyl sites for hydroxylation is 1. The standard InChI is InChI=1S/C14H23N3O/c1-5-15-14(18)16-13-9-8-12(10-11(13)4)17(6-2)7-3/h8-10H,5-7H2,1-4H3,(H2,15,16,18). The van der Waals surface area contributed by atoms with Gasteiger partial charge in [-0.2, -0.15) is 0 Å². The Hall–Kier alpha value is -1.71. The molecular weight excluding hydrogens is 226 g/mol. The number of nitrogens with zero attached hydrogens (tertiary/aromatic N) is 1. The fourth-order valence-corrected chi connectivity index (χ4v) is 1.90. The molecule has 2 N–H and O–H groups in total. The van der Waals surface area contributed by atoms with Gasteiger partial charge in [-0.05, 0) is 51.5 Å². The smallest absolute Gasteiger partial charge is 0.319 e. The zero-order chi connectivity index (χ0) is 13.5. The van der Waals surface area contributed by atoms with Crippen LogP contribution < -0.4 is 15.5 Å². The Morgan fingerprint density at radius 2 is 1.89 bits per heavy atom. The van der Waals surface area contributed by atoms with Gasteiger partial charge in [0.1, 0.15) is 0 Å². The van der Waals surface area contributed by atoms with Crippen LogP contribution in [0.1, 0.15) is 26.3 Å². The molecule has 0 bridgehead atoms. The van der Waals surface area contributed by atoms with E-state index >= 15 is 0 Å². The number of amides is 2. The second kappa shape index (κ2) is 6.89. The highest BCUT2D eigenvalue weighted by molar-refractivity contribution is 5.90. The Morgan fingerprint density at radius 3 is 2.39 bits per heavy atom. The highest BCUT2D eigenvalue weighted by Crippen LogP contribution is 2.22. The first-order valence-corrected chi connectivity index (χ1v) is 6.52. The monoisotopic (exact) mass is 249 g/mol. The number of carbonyl (C=O) groups is 1. The average Bonchev–Trinajstić information content (AvgIpc) is 2.34. The molecule has 1 aromatic rings. The van der Waals surface area contributed by atoms with Gasteiger partial charge >= 0.3 is 6.03 Å². The van der Waals surface area contributed by atoms with E-state index in [9.17, 15) is 4.79 Å². The molecule has 0 aromatic heterocycles. The number of benzene rings is 1. The van der Waals surface area contributed by atoms with Gasteiger partial charge in [-0.1, -0.05) is 0 Å². The summed E-state index contributed by atoms with van der Waals surface area (Å²) in [6.45, 7) is 10.8. The Kier molecular flexibility index (Phi) is 5.49. The second-order valence-electron chi connectivity index (χ2n) is 4.16. The lowest BCUT2D eigenvalue weighted by molar-refractivity contribution is 0.252. The molecule has 4 heteroatoms. The third kappa shape index (κ3) is 3.65. The first-order chi connectivity index (χ1) is 8.62. The number of carbonyl (C=O) groups excluding carboxylic acids is 1. The van der Waals surface area contributed by atoms with Gasteiger partial charge in [-0.3, -0.25) is 0 Å². The van der Waals surface area contributed by atoms with Gasteiger partial charge in [0.2, 0.25) is 0 Å². The SMILES string of the molecule is CCNC(=O)Nc1ccc(N(CC)CC)cc1C. The van der Waals surface area contributed by atoms with Crippen molar-refractivity contribution < 1.29 is 4.79 Å². The van der Waals surface area contributed by atoms with Crippen LogP contribution in [-0.2, 0) is 0 Å². The summed E-state index contributed by atoms with van der Waals surface area (Å²) < 4.78 is 0. The Balaban J connectivity index is 2.82. The molecule has 1 rings (SSSR count). The molecule has 0 fully saturated rings. The van der Waals surface area contributed by atoms with Gasteiger partial charge in [-0.15, -0.1) is 0 Å². The Bertz CT molecular complexity index is 400. The lowest BCUT2D eigenvalue weighted by atomic mass is 10.1. The fourth-order valence-electron chi connectivity index (χ4n) is 1.90. The lowest BCUT2D eigenvalue weighted by Crippen LogP contribution is -2.28. The van der Waals surface area contributed by atoms with Crippen LogP contribution in [0, 0.1) is 6.92 Å². The van der Waals surface area contributed by atoms with Crippen molar-refractivity contribution in [3.05, 3.63) is 23.8 Å². The number of urea groups is 1. The van der Waals surface area contributed by atoms with Crippen molar-refractivity contribution in [3.8, 4) is 0 Å². The summed E-state index contributed by atoms with van der Waals surface area (Å²) in [5, 5.41) is 5.57. The molecule has 0 saturated carbocycles. The highest BCUT2D eigenvalue weighted by atomic mass is 16.2. The molecule has 4 nitrogen and oxygen atoms in total. The summed E-state index contributed by atoms with van der Waals surface area (Å²) in [6, 6.07) is 5.95. The average molecular weight is 249 g/mol. The van der Waals surface area contributed by atoms with Crippen LogP contribution in [0.3, 0.4) is 0 Å². The fraction of sp³-hybridized carbons (Fsp3) is 0.500. The number of hydrogen-bond donors (Lipinski definition) is 2. The summed E-state index contributed by atoms with van der Waals surface area (Å²) in [5.41, 5.74) is 3.13. The van der Waals surface area contributed by atoms with Crippen molar-refractivity contribution >= 4 is 17.4 Å². The molecule has 2 amide bonds. The molecule has 0 aliphatic carbocycles. The van der Waals surface area contributed by atoms with Gasteiger partial charge in [-0.25, -0.2) is 4.79 Å². The van der Waals surface area contributed by atoms with E-state index in [1.165, 1.54) is 5.69 Å². The normalized spacial score (nSPS) is 10.0. The van der Waals surface area contributed by atoms with Gasteiger partial charge in [0, 0.05) is 31.0 Å². The molecular formula is C14H23N3O. The van der Waals surface area contributed by atoms with Gasteiger partial charge < -0.3 is 15.5 Å². The van der Waals surface area contributed by atoms with Crippen molar-refractivity contribution in [1.29, 1.82) is 0 Å². The topological polar surface area (TPSA) is 44.4 Å². The van der Waals surface area contributed by atoms with Crippen molar-refractivity contribution in [2.75, 3.05) is 29.9 Å². The van der Waals surface area contributed by atoms with Crippen LogP contribution in [0.5, 0.6) is 0 Å². The predicted molar refractivity (Wildman–Crippen MR) is 77.4 cm³/mol. The minimum absolute atomic E-state index is 0.156. The molecule has 0 aliphatic heterocycles. The molecule has 0 saturated heterocycles. The van der Waals surface area contributed by atoms with Crippen LogP contribution in [0.4, 0.5) is 16.2 Å². The van der Waals surface area contributed by atoms with Crippen molar-refractivity contribution in [1.82, 2.24) is 5.32 Å². The molecule has 0 radical (unpaired) electrons. The second-order valence-corrected chi connectivity index (χ2v) is 4.16. The van der Waals surface area contributed by atoms with Crippen molar-refractivity contribution in [3.63, 3.8) is 0 Å². The zero-order valence-electron chi connectivity index (χ0n) is 11.7. The maximum atomic E-state index is 11.5. The third-order valence-corrected chi connectivity index (χ3v) is 2.92. The number of nitrogens with one attached hydrogen (secondary N) is 2. The Labute approximate surface area is 109 Å². The first-order valence-electron chi connectivity index (χ1n) is 6.52. The van der Waals surface area contributed by atoms with Crippen LogP contribution >= 0.6 is 0 Å². The number of hydrogen-bond acceptors (Lipinski definition) is 2. The van der Waals surface area contributed by atoms with Crippen LogP contribution in [0.2, 0.25) is 0 Å². The lowest BCUT2D eigenvalue weighted by Gasteiger charge is -2.22. The first kappa shape index (κ1) is 14.4. The molecule has 0 unspecified atom stereocenters. The summed E-state index contributed by atoms with van der Waals surface area (Å²) in [5.74, 6) is 0. The van der Waals surface area contributed by atoms with E-state index in [2.05, 4.69) is 35.4 Å². The van der Waals surface area contributed by atoms with Gasteiger partial charge in [0.25, 0.3) is 0 Å². The maximum Gasteiger partial charge on any atom is 0.319 e. The summed E-state index contributed by atoms with van der Waals surface area (Å²) >= 11 is 0. The molecule has 0 spiro atoms. The molecule has 0 heterocycles. The van der Waals surface area contributed by atoms with Crippen molar-refractivity contribution in [2.24, 2.45) is 0 Å². The van der Waals surface area contributed by atoms with E-state index in [1.54, 1.807) is 0 Å². The van der Waals surface area contributed by atoms with Crippen LogP contribution in [-0.4, -0.2) is 25.7 Å². The molecule has 1 aromatic carbocycles. The highest BCUT2D eigenvalue weighted by Gasteiger charge is 2.06. The third-order valence-electron chi connectivity index (χ3n) is 2.92. The summed E-state index contributed by atoms with van der Waals surface area (Å²) in [7, 11) is 0. The summed E-state index contributed by atoms with van der Waals surface area (Å²) in [4.78, 5) is 13.7.